The smallest absolute Gasteiger partial charge is 0.360 e. The quantitative estimate of drug-likeness (QED) is 0.183. The van der Waals surface area contributed by atoms with Crippen molar-refractivity contribution in [2.45, 2.75) is 12.1 Å². The number of hydrogen-bond donors (Lipinski definition) is 5. The number of aliphatic hydroxyl groups is 2. The van der Waals surface area contributed by atoms with Crippen LogP contribution in [-0.2, 0) is 4.74 Å². The number of rotatable bonds is 10. The number of hydrogen-bond acceptors (Lipinski definition) is 12. The van der Waals surface area contributed by atoms with Crippen molar-refractivity contribution < 1.29 is 38.5 Å². The van der Waals surface area contributed by atoms with Crippen molar-refractivity contribution in [2.75, 3.05) is 20.3 Å². The van der Waals surface area contributed by atoms with Crippen molar-refractivity contribution in [2.24, 2.45) is 0 Å². The van der Waals surface area contributed by atoms with E-state index < -0.39 is 37.2 Å². The molecule has 35 heavy (non-hydrogen) atoms. The minimum absolute atomic E-state index is 0.0149. The monoisotopic (exact) mass is 521 g/mol. The van der Waals surface area contributed by atoms with E-state index in [9.17, 15) is 19.8 Å². The van der Waals surface area contributed by atoms with Crippen LogP contribution in [0.5, 0.6) is 0 Å². The second-order valence-electron chi connectivity index (χ2n) is 6.76. The number of methoxy groups -OCH3 is 1. The molecule has 0 saturated carbocycles. The van der Waals surface area contributed by atoms with Gasteiger partial charge in [0.15, 0.2) is 11.4 Å². The molecule has 0 aliphatic carbocycles. The molecule has 3 heterocycles. The summed E-state index contributed by atoms with van der Waals surface area (Å²) in [6.45, 7) is -0.936. The summed E-state index contributed by atoms with van der Waals surface area (Å²) in [4.78, 5) is 35.0. The summed E-state index contributed by atoms with van der Waals surface area (Å²) >= 11 is 10.7. The van der Waals surface area contributed by atoms with E-state index in [0.29, 0.717) is 5.69 Å². The van der Waals surface area contributed by atoms with Gasteiger partial charge in [0.05, 0.1) is 31.7 Å². The molecule has 0 aliphatic heterocycles. The van der Waals surface area contributed by atoms with Crippen LogP contribution in [0, 0.1) is 0 Å². The summed E-state index contributed by atoms with van der Waals surface area (Å²) in [6, 6.07) is 3.04. The molecule has 184 valence electrons. The first kappa shape index (κ1) is 25.8. The van der Waals surface area contributed by atoms with Gasteiger partial charge in [-0.2, -0.15) is 0 Å². The molecule has 0 amide bonds. The number of esters is 1. The number of carboxylic acid groups (broad SMARTS) is 1. The highest BCUT2D eigenvalue weighted by Crippen LogP contribution is 2.16. The van der Waals surface area contributed by atoms with E-state index in [0.717, 1.165) is 12.5 Å². The van der Waals surface area contributed by atoms with Gasteiger partial charge < -0.3 is 39.5 Å². The lowest BCUT2D eigenvalue weighted by Crippen LogP contribution is -2.33. The molecule has 0 radical (unpaired) electrons. The van der Waals surface area contributed by atoms with E-state index in [-0.39, 0.29) is 38.8 Å². The van der Waals surface area contributed by atoms with Gasteiger partial charge in [-0.05, 0) is 12.1 Å². The highest BCUT2D eigenvalue weighted by Gasteiger charge is 2.23. The van der Waals surface area contributed by atoms with E-state index >= 15 is 0 Å². The molecule has 13 nitrogen and oxygen atoms in total. The van der Waals surface area contributed by atoms with Crippen LogP contribution >= 0.6 is 24.4 Å². The van der Waals surface area contributed by atoms with Gasteiger partial charge in [0.1, 0.15) is 34.6 Å². The minimum Gasteiger partial charge on any atom is -0.476 e. The third kappa shape index (κ3) is 6.21. The van der Waals surface area contributed by atoms with Crippen LogP contribution < -0.4 is 10.6 Å². The molecule has 2 atom stereocenters. The zero-order valence-corrected chi connectivity index (χ0v) is 19.6. The van der Waals surface area contributed by atoms with E-state index in [1.54, 1.807) is 18.2 Å². The highest BCUT2D eigenvalue weighted by atomic mass is 32.1. The largest absolute Gasteiger partial charge is 0.476 e. The molecule has 0 aromatic carbocycles. The summed E-state index contributed by atoms with van der Waals surface area (Å²) in [7, 11) is 1.20. The summed E-state index contributed by atoms with van der Waals surface area (Å²) in [5, 5.41) is 34.0. The van der Waals surface area contributed by atoms with E-state index in [1.165, 1.54) is 7.11 Å². The van der Waals surface area contributed by atoms with Gasteiger partial charge in [-0.15, -0.1) is 0 Å². The molecule has 0 bridgehead atoms. The number of aliphatic hydroxyl groups excluding tert-OH is 2. The number of thiocarbonyl (C=S) groups is 2. The number of ether oxygens (including phenoxy) is 1. The van der Waals surface area contributed by atoms with Crippen LogP contribution in [0.15, 0.2) is 39.6 Å². The lowest BCUT2D eigenvalue weighted by Gasteiger charge is -2.17. The molecule has 0 fully saturated rings. The summed E-state index contributed by atoms with van der Waals surface area (Å²) in [6.07, 6.45) is 2.05. The molecule has 0 aliphatic rings. The number of pyridine rings is 1. The van der Waals surface area contributed by atoms with Crippen LogP contribution in [0.2, 0.25) is 0 Å². The Bertz CT molecular complexity index is 1240. The number of carboxylic acids is 1. The number of nitrogens with one attached hydrogen (secondary N) is 2. The number of carbonyl (C=O) groups excluding carboxylic acids is 1. The van der Waals surface area contributed by atoms with Gasteiger partial charge in [0.2, 0.25) is 11.8 Å². The van der Waals surface area contributed by atoms with Gasteiger partial charge in [0.25, 0.3) is 0 Å². The van der Waals surface area contributed by atoms with Gasteiger partial charge >= 0.3 is 11.9 Å². The SMILES string of the molecule is COC(=O)c1coc(C(CO)NC(=S)c2cccc(C(=S)NC(CO)c3nc(C(=O)O)co3)n2)n1. The predicted molar refractivity (Wildman–Crippen MR) is 125 cm³/mol. The van der Waals surface area contributed by atoms with Crippen molar-refractivity contribution in [3.05, 3.63) is 65.3 Å². The summed E-state index contributed by atoms with van der Waals surface area (Å²) < 4.78 is 14.9. The highest BCUT2D eigenvalue weighted by molar-refractivity contribution is 7.81. The van der Waals surface area contributed by atoms with Crippen LogP contribution in [0.1, 0.15) is 56.2 Å². The van der Waals surface area contributed by atoms with Crippen LogP contribution in [0.25, 0.3) is 0 Å². The van der Waals surface area contributed by atoms with Gasteiger partial charge in [-0.25, -0.2) is 24.5 Å². The van der Waals surface area contributed by atoms with Crippen LogP contribution in [0.4, 0.5) is 0 Å². The average molecular weight is 522 g/mol. The second kappa shape index (κ2) is 11.6. The molecule has 2 unspecified atom stereocenters. The second-order valence-corrected chi connectivity index (χ2v) is 7.58. The Morgan fingerprint density at radius 3 is 1.83 bits per heavy atom. The number of oxazole rings is 2. The zero-order valence-electron chi connectivity index (χ0n) is 18.0. The average Bonchev–Trinajstić information content (AvgIpc) is 3.56. The molecular weight excluding hydrogens is 502 g/mol. The fourth-order valence-corrected chi connectivity index (χ4v) is 3.23. The topological polar surface area (TPSA) is 193 Å². The molecule has 3 aromatic rings. The first-order valence-electron chi connectivity index (χ1n) is 9.80. The first-order valence-corrected chi connectivity index (χ1v) is 10.6. The molecule has 3 rings (SSSR count). The Morgan fingerprint density at radius 2 is 1.40 bits per heavy atom. The number of carbonyl (C=O) groups is 2. The molecule has 0 spiro atoms. The molecule has 5 N–H and O–H groups in total. The Hall–Kier alpha value is -3.79. The van der Waals surface area contributed by atoms with Crippen molar-refractivity contribution in [3.63, 3.8) is 0 Å². The number of aromatic carboxylic acids is 1. The van der Waals surface area contributed by atoms with Crippen molar-refractivity contribution in [3.8, 4) is 0 Å². The van der Waals surface area contributed by atoms with Crippen LogP contribution in [-0.4, -0.2) is 72.5 Å². The van der Waals surface area contributed by atoms with Crippen LogP contribution in [0.3, 0.4) is 0 Å². The Morgan fingerprint density at radius 1 is 0.914 bits per heavy atom. The van der Waals surface area contributed by atoms with Crippen molar-refractivity contribution in [1.82, 2.24) is 25.6 Å². The third-order valence-corrected chi connectivity index (χ3v) is 5.10. The molecule has 0 saturated heterocycles. The van der Waals surface area contributed by atoms with E-state index in [4.69, 9.17) is 38.4 Å². The Balaban J connectivity index is 1.71. The maximum absolute atomic E-state index is 11.6. The lowest BCUT2D eigenvalue weighted by molar-refractivity contribution is 0.0593. The molecule has 3 aromatic heterocycles. The zero-order chi connectivity index (χ0) is 25.5. The fraction of sp³-hybridized carbons (Fsp3) is 0.250. The normalized spacial score (nSPS) is 12.4. The Labute approximate surface area is 208 Å². The fourth-order valence-electron chi connectivity index (χ4n) is 2.71. The van der Waals surface area contributed by atoms with Crippen molar-refractivity contribution >= 4 is 46.4 Å². The van der Waals surface area contributed by atoms with Crippen molar-refractivity contribution in [1.29, 1.82) is 0 Å². The maximum atomic E-state index is 11.6. The Kier molecular flexibility index (Phi) is 8.53. The molecular formula is C20H19N5O8S2. The van der Waals surface area contributed by atoms with Gasteiger partial charge in [-0.1, -0.05) is 30.5 Å². The predicted octanol–water partition coefficient (Wildman–Crippen LogP) is 0.540. The minimum atomic E-state index is -1.28. The van der Waals surface area contributed by atoms with Gasteiger partial charge in [0, 0.05) is 0 Å². The number of nitrogens with zero attached hydrogens (tertiary/aromatic N) is 3. The summed E-state index contributed by atoms with van der Waals surface area (Å²) in [5.41, 5.74) is 0.204. The summed E-state index contributed by atoms with van der Waals surface area (Å²) in [5.74, 6) is -2.02. The van der Waals surface area contributed by atoms with E-state index in [1.807, 2.05) is 0 Å². The van der Waals surface area contributed by atoms with Gasteiger partial charge in [-0.3, -0.25) is 0 Å². The van der Waals surface area contributed by atoms with E-state index in [2.05, 4.69) is 30.3 Å². The maximum Gasteiger partial charge on any atom is 0.360 e. The lowest BCUT2D eigenvalue weighted by atomic mass is 10.2. The number of aromatic nitrogens is 3. The first-order chi connectivity index (χ1) is 16.8. The standard InChI is InChI=1S/C20H19N5O8S2/c1-31-20(30)14-8-33-16(23-14)12(6-27)25-18(35)10-4-2-3-9(21-10)17(34)24-11(5-26)15-22-13(7-32-15)19(28)29/h2-4,7-8,11-12,26-27H,5-6H2,1H3,(H,24,34)(H,25,35)(H,28,29). The molecule has 15 heteroatoms. The third-order valence-electron chi connectivity index (χ3n) is 4.44.